The largest absolute Gasteiger partial charge is 0.457 e. The predicted octanol–water partition coefficient (Wildman–Crippen LogP) is 9.59. The maximum absolute atomic E-state index is 13.3. The fraction of sp³-hybridized carbons (Fsp3) is 0.455. The first-order valence-corrected chi connectivity index (χ1v) is 20.6. The number of hydrogen-bond acceptors (Lipinski definition) is 10. The molecule has 3 heterocycles. The molecule has 2 N–H and O–H groups in total. The zero-order valence-corrected chi connectivity index (χ0v) is 33.7. The van der Waals surface area contributed by atoms with Gasteiger partial charge in [-0.2, -0.15) is 0 Å². The van der Waals surface area contributed by atoms with E-state index in [2.05, 4.69) is 46.4 Å². The molecule has 2 saturated carbocycles. The molecular weight excluding hydrogens is 717 g/mol. The summed E-state index contributed by atoms with van der Waals surface area (Å²) in [6, 6.07) is 0. The molecular formula is C44H54N2O6S2. The van der Waals surface area contributed by atoms with E-state index in [1.807, 2.05) is 78.0 Å². The first kappa shape index (κ1) is 41.2. The highest BCUT2D eigenvalue weighted by atomic mass is 32.1. The number of ether oxygens (including phenoxy) is 2. The van der Waals surface area contributed by atoms with Crippen molar-refractivity contribution < 1.29 is 29.3 Å². The lowest BCUT2D eigenvalue weighted by molar-refractivity contribution is -0.0461. The molecule has 3 aliphatic rings. The average Bonchev–Trinajstić information content (AvgIpc) is 3.93. The summed E-state index contributed by atoms with van der Waals surface area (Å²) in [5, 5.41) is 26.7. The van der Waals surface area contributed by atoms with Gasteiger partial charge in [0.2, 0.25) is 0 Å². The van der Waals surface area contributed by atoms with Crippen LogP contribution in [0.15, 0.2) is 95.8 Å². The number of aliphatic hydroxyl groups excluding tert-OH is 2. The van der Waals surface area contributed by atoms with E-state index in [9.17, 15) is 19.8 Å². The van der Waals surface area contributed by atoms with Crippen LogP contribution in [0.4, 0.5) is 0 Å². The molecule has 5 rings (SSSR count). The highest BCUT2D eigenvalue weighted by molar-refractivity contribution is 7.11. The minimum absolute atomic E-state index is 0.251. The Labute approximate surface area is 328 Å². The van der Waals surface area contributed by atoms with Crippen LogP contribution in [-0.2, 0) is 9.47 Å². The third-order valence-corrected chi connectivity index (χ3v) is 12.2. The van der Waals surface area contributed by atoms with E-state index in [1.54, 1.807) is 35.1 Å². The molecule has 2 aromatic heterocycles. The number of fused-ring (bicyclic) bond motifs is 6. The van der Waals surface area contributed by atoms with E-state index in [0.717, 1.165) is 12.8 Å². The van der Waals surface area contributed by atoms with Crippen molar-refractivity contribution in [1.29, 1.82) is 0 Å². The van der Waals surface area contributed by atoms with E-state index in [0.29, 0.717) is 46.5 Å². The molecule has 8 atom stereocenters. The van der Waals surface area contributed by atoms with Gasteiger partial charge >= 0.3 is 11.9 Å². The van der Waals surface area contributed by atoms with Crippen molar-refractivity contribution in [2.45, 2.75) is 91.6 Å². The number of rotatable bonds is 6. The zero-order valence-electron chi connectivity index (χ0n) is 32.1. The molecule has 0 saturated heterocycles. The van der Waals surface area contributed by atoms with Crippen LogP contribution in [0.5, 0.6) is 0 Å². The molecule has 8 nitrogen and oxygen atoms in total. The van der Waals surface area contributed by atoms with Gasteiger partial charge in [-0.15, -0.1) is 22.7 Å². The average molecular weight is 771 g/mol. The molecule has 54 heavy (non-hydrogen) atoms. The highest BCUT2D eigenvalue weighted by Gasteiger charge is 2.40. The van der Waals surface area contributed by atoms with Gasteiger partial charge in [0.1, 0.15) is 22.2 Å². The van der Waals surface area contributed by atoms with Crippen molar-refractivity contribution in [2.75, 3.05) is 0 Å². The Morgan fingerprint density at radius 2 is 1.06 bits per heavy atom. The Morgan fingerprint density at radius 1 is 0.667 bits per heavy atom. The van der Waals surface area contributed by atoms with Crippen LogP contribution in [0.25, 0.3) is 12.2 Å². The van der Waals surface area contributed by atoms with Crippen LogP contribution in [0.1, 0.15) is 98.2 Å². The molecule has 4 bridgehead atoms. The minimum atomic E-state index is -0.798. The number of aliphatic hydroxyl groups is 2. The summed E-state index contributed by atoms with van der Waals surface area (Å²) in [5.74, 6) is 0.534. The zero-order chi connectivity index (χ0) is 38.9. The van der Waals surface area contributed by atoms with Gasteiger partial charge in [0, 0.05) is 34.4 Å². The van der Waals surface area contributed by atoms with Crippen LogP contribution in [-0.4, -0.2) is 56.5 Å². The summed E-state index contributed by atoms with van der Waals surface area (Å²) >= 11 is 2.75. The Bertz CT molecular complexity index is 1710. The topological polar surface area (TPSA) is 119 Å². The summed E-state index contributed by atoms with van der Waals surface area (Å²) in [4.78, 5) is 35.7. The van der Waals surface area contributed by atoms with Crippen molar-refractivity contribution in [3.63, 3.8) is 0 Å². The molecule has 0 spiro atoms. The van der Waals surface area contributed by atoms with Crippen molar-refractivity contribution in [2.24, 2.45) is 34.5 Å². The summed E-state index contributed by atoms with van der Waals surface area (Å²) in [5.41, 5.74) is -0.975. The summed E-state index contributed by atoms with van der Waals surface area (Å²) in [7, 11) is 0. The highest BCUT2D eigenvalue weighted by Crippen LogP contribution is 2.42. The van der Waals surface area contributed by atoms with Crippen LogP contribution in [0, 0.1) is 34.5 Å². The normalized spacial score (nSPS) is 30.5. The maximum atomic E-state index is 13.3. The summed E-state index contributed by atoms with van der Waals surface area (Å²) in [6.45, 7) is 11.4. The van der Waals surface area contributed by atoms with Gasteiger partial charge in [-0.1, -0.05) is 113 Å². The SMILES string of the molecule is C/C=C/[C@H](O)C(C)(C)[C@@H]1C/C=C\[C@H]2C[C@H]2/C=C/C=C\c2nc(cs2)C(=O)O[C@H](C(C)(C)[C@@H](O)/C=C/C)C/C=C\[C@H]2C[C@H]2/C=C/C=C\c2nc(cs2)C(=O)O1. The lowest BCUT2D eigenvalue weighted by Gasteiger charge is -2.36. The second-order valence-electron chi connectivity index (χ2n) is 15.5. The Balaban J connectivity index is 1.35. The minimum Gasteiger partial charge on any atom is -0.457 e. The van der Waals surface area contributed by atoms with Crippen molar-refractivity contribution >= 4 is 46.8 Å². The maximum Gasteiger partial charge on any atom is 0.358 e. The molecule has 288 valence electrons. The first-order chi connectivity index (χ1) is 25.8. The standard InChI is InChI=1S/C44H54N2O6S2/c1-7-15-35(47)43(3,4)37-21-13-19-31-25-29(31)17-9-12-24-40-46-34(28-54-40)42(50)52-38(44(5,6)36(48)16-8-2)22-14-20-32-26-30(32)18-10-11-23-39-45-33(27-53-39)41(49)51-37/h7-20,23-24,27-32,35-38,47-48H,21-22,25-26H2,1-6H3/b15-7+,16-8+,17-9+,18-10+,19-13-,20-14-,23-11-,24-12-/t29-,30-,31+,32+,35+,36+,37+,38+/m1/s1. The van der Waals surface area contributed by atoms with Crippen LogP contribution < -0.4 is 0 Å². The lowest BCUT2D eigenvalue weighted by Crippen LogP contribution is -2.42. The molecule has 2 aliphatic carbocycles. The van der Waals surface area contributed by atoms with Gasteiger partial charge in [-0.3, -0.25) is 0 Å². The van der Waals surface area contributed by atoms with Crippen molar-refractivity contribution in [1.82, 2.24) is 9.97 Å². The fourth-order valence-electron chi connectivity index (χ4n) is 6.34. The number of aromatic nitrogens is 2. The predicted molar refractivity (Wildman–Crippen MR) is 219 cm³/mol. The van der Waals surface area contributed by atoms with Crippen LogP contribution >= 0.6 is 22.7 Å². The fourth-order valence-corrected chi connectivity index (χ4v) is 7.72. The molecule has 0 unspecified atom stereocenters. The molecule has 0 radical (unpaired) electrons. The first-order valence-electron chi connectivity index (χ1n) is 18.8. The number of cyclic esters (lactones) is 2. The van der Waals surface area contributed by atoms with Gasteiger partial charge in [0.05, 0.1) is 12.2 Å². The number of esters is 2. The molecule has 2 fully saturated rings. The number of nitrogens with zero attached hydrogens (tertiary/aromatic N) is 2. The van der Waals surface area contributed by atoms with Crippen molar-refractivity contribution in [3.8, 4) is 0 Å². The third-order valence-electron chi connectivity index (χ3n) is 10.6. The third kappa shape index (κ3) is 11.1. The van der Waals surface area contributed by atoms with E-state index in [4.69, 9.17) is 9.47 Å². The molecule has 0 aromatic carbocycles. The lowest BCUT2D eigenvalue weighted by atomic mass is 9.79. The number of carbonyl (C=O) groups is 2. The van der Waals surface area contributed by atoms with E-state index >= 15 is 0 Å². The van der Waals surface area contributed by atoms with Crippen LogP contribution in [0.2, 0.25) is 0 Å². The number of thiazole rings is 2. The van der Waals surface area contributed by atoms with Gasteiger partial charge in [-0.25, -0.2) is 19.6 Å². The van der Waals surface area contributed by atoms with Gasteiger partial charge in [0.25, 0.3) is 0 Å². The van der Waals surface area contributed by atoms with Crippen molar-refractivity contribution in [3.05, 3.63) is 117 Å². The molecule has 10 heteroatoms. The second kappa shape index (κ2) is 18.6. The Hall–Kier alpha value is -3.96. The smallest absolute Gasteiger partial charge is 0.358 e. The van der Waals surface area contributed by atoms with Gasteiger partial charge < -0.3 is 19.7 Å². The van der Waals surface area contributed by atoms with Gasteiger partial charge in [0.15, 0.2) is 11.4 Å². The number of hydrogen-bond donors (Lipinski definition) is 2. The Kier molecular flexibility index (Phi) is 14.2. The second-order valence-corrected chi connectivity index (χ2v) is 17.2. The monoisotopic (exact) mass is 770 g/mol. The summed E-state index contributed by atoms with van der Waals surface area (Å²) < 4.78 is 12.1. The molecule has 2 aromatic rings. The summed E-state index contributed by atoms with van der Waals surface area (Å²) in [6.07, 6.45) is 31.7. The van der Waals surface area contributed by atoms with Crippen LogP contribution in [0.3, 0.4) is 0 Å². The molecule has 1 aliphatic heterocycles. The molecule has 0 amide bonds. The Morgan fingerprint density at radius 3 is 1.44 bits per heavy atom. The van der Waals surface area contributed by atoms with E-state index in [-0.39, 0.29) is 11.4 Å². The number of allylic oxidation sites excluding steroid dienone is 10. The van der Waals surface area contributed by atoms with Gasteiger partial charge in [-0.05, 0) is 62.5 Å². The van der Waals surface area contributed by atoms with E-state index in [1.165, 1.54) is 22.7 Å². The number of carbonyl (C=O) groups excluding carboxylic acids is 2. The van der Waals surface area contributed by atoms with E-state index < -0.39 is 47.2 Å². The quantitative estimate of drug-likeness (QED) is 0.220.